The summed E-state index contributed by atoms with van der Waals surface area (Å²) in [4.78, 5) is 24.9. The van der Waals surface area contributed by atoms with Gasteiger partial charge in [-0.3, -0.25) is 9.59 Å². The molecule has 17 heavy (non-hydrogen) atoms. The van der Waals surface area contributed by atoms with E-state index in [0.29, 0.717) is 33.9 Å². The lowest BCUT2D eigenvalue weighted by Gasteiger charge is -2.26. The molecule has 1 aliphatic rings. The van der Waals surface area contributed by atoms with Crippen LogP contribution in [-0.4, -0.2) is 11.8 Å². The Hall–Kier alpha value is -0.200. The summed E-state index contributed by atoms with van der Waals surface area (Å²) in [6, 6.07) is 3.63. The number of amides is 2. The SMILES string of the molecule is O=C1CCCC(=O)N1c1c(Br)cc(Br)cc1Br. The molecule has 0 aromatic heterocycles. The molecule has 1 aromatic rings. The highest BCUT2D eigenvalue weighted by atomic mass is 79.9. The molecule has 90 valence electrons. The van der Waals surface area contributed by atoms with Crippen LogP contribution in [0.2, 0.25) is 0 Å². The fourth-order valence-corrected chi connectivity index (χ4v) is 4.36. The van der Waals surface area contributed by atoms with Crippen molar-refractivity contribution in [2.75, 3.05) is 4.90 Å². The van der Waals surface area contributed by atoms with Gasteiger partial charge in [-0.2, -0.15) is 0 Å². The summed E-state index contributed by atoms with van der Waals surface area (Å²) in [5.41, 5.74) is 0.586. The zero-order chi connectivity index (χ0) is 12.6. The minimum atomic E-state index is -0.148. The van der Waals surface area contributed by atoms with Crippen molar-refractivity contribution in [2.24, 2.45) is 0 Å². The average molecular weight is 426 g/mol. The number of hydrogen-bond donors (Lipinski definition) is 0. The highest BCUT2D eigenvalue weighted by Crippen LogP contribution is 2.38. The Bertz CT molecular complexity index is 462. The fourth-order valence-electron chi connectivity index (χ4n) is 1.75. The third kappa shape index (κ3) is 2.63. The first-order valence-corrected chi connectivity index (χ1v) is 7.39. The molecule has 0 aliphatic carbocycles. The third-order valence-corrected chi connectivity index (χ3v) is 4.15. The Morgan fingerprint density at radius 2 is 1.41 bits per heavy atom. The van der Waals surface area contributed by atoms with Gasteiger partial charge in [0.2, 0.25) is 11.8 Å². The highest BCUT2D eigenvalue weighted by molar-refractivity contribution is 9.11. The van der Waals surface area contributed by atoms with E-state index in [1.807, 2.05) is 12.1 Å². The summed E-state index contributed by atoms with van der Waals surface area (Å²) in [7, 11) is 0. The molecular formula is C11H8Br3NO2. The van der Waals surface area contributed by atoms with Gasteiger partial charge in [0.15, 0.2) is 0 Å². The maximum atomic E-state index is 11.8. The molecule has 1 aromatic carbocycles. The highest BCUT2D eigenvalue weighted by Gasteiger charge is 2.30. The molecule has 0 radical (unpaired) electrons. The first-order valence-electron chi connectivity index (χ1n) is 5.01. The van der Waals surface area contributed by atoms with Gasteiger partial charge in [0.1, 0.15) is 0 Å². The van der Waals surface area contributed by atoms with E-state index < -0.39 is 0 Å². The molecule has 2 amide bonds. The summed E-state index contributed by atoms with van der Waals surface area (Å²) < 4.78 is 2.29. The van der Waals surface area contributed by atoms with Crippen molar-refractivity contribution in [3.8, 4) is 0 Å². The smallest absolute Gasteiger partial charge is 0.233 e. The number of halogens is 3. The number of imide groups is 1. The molecule has 0 spiro atoms. The van der Waals surface area contributed by atoms with Crippen LogP contribution in [-0.2, 0) is 9.59 Å². The van der Waals surface area contributed by atoms with Gasteiger partial charge in [-0.1, -0.05) is 15.9 Å². The molecule has 0 atom stereocenters. The Morgan fingerprint density at radius 3 is 1.88 bits per heavy atom. The minimum Gasteiger partial charge on any atom is -0.274 e. The molecule has 3 nitrogen and oxygen atoms in total. The second-order valence-electron chi connectivity index (χ2n) is 3.69. The number of carbonyl (C=O) groups excluding carboxylic acids is 2. The quantitative estimate of drug-likeness (QED) is 0.637. The van der Waals surface area contributed by atoms with E-state index in [4.69, 9.17) is 0 Å². The molecule has 1 heterocycles. The van der Waals surface area contributed by atoms with Crippen LogP contribution < -0.4 is 4.90 Å². The Balaban J connectivity index is 2.52. The third-order valence-electron chi connectivity index (χ3n) is 2.49. The number of piperidine rings is 1. The largest absolute Gasteiger partial charge is 0.274 e. The topological polar surface area (TPSA) is 37.4 Å². The molecule has 0 saturated carbocycles. The minimum absolute atomic E-state index is 0.148. The molecule has 0 bridgehead atoms. The zero-order valence-corrected chi connectivity index (χ0v) is 13.4. The summed E-state index contributed by atoms with van der Waals surface area (Å²) in [5.74, 6) is -0.296. The number of benzene rings is 1. The van der Waals surface area contributed by atoms with E-state index in [2.05, 4.69) is 47.8 Å². The fraction of sp³-hybridized carbons (Fsp3) is 0.273. The van der Waals surface area contributed by atoms with Crippen molar-refractivity contribution in [2.45, 2.75) is 19.3 Å². The van der Waals surface area contributed by atoms with Gasteiger partial charge in [0.25, 0.3) is 0 Å². The van der Waals surface area contributed by atoms with Crippen LogP contribution in [0.15, 0.2) is 25.6 Å². The Morgan fingerprint density at radius 1 is 0.941 bits per heavy atom. The molecule has 0 unspecified atom stereocenters. The number of rotatable bonds is 1. The number of anilines is 1. The maximum absolute atomic E-state index is 11.8. The second kappa shape index (κ2) is 5.20. The van der Waals surface area contributed by atoms with Crippen molar-refractivity contribution in [3.63, 3.8) is 0 Å². The van der Waals surface area contributed by atoms with E-state index in [1.165, 1.54) is 4.90 Å². The zero-order valence-electron chi connectivity index (χ0n) is 8.67. The van der Waals surface area contributed by atoms with Crippen LogP contribution in [0.5, 0.6) is 0 Å². The van der Waals surface area contributed by atoms with Gasteiger partial charge >= 0.3 is 0 Å². The lowest BCUT2D eigenvalue weighted by atomic mass is 10.1. The standard InChI is InChI=1S/C11H8Br3NO2/c12-6-4-7(13)11(8(14)5-6)15-9(16)2-1-3-10(15)17/h4-5H,1-3H2. The lowest BCUT2D eigenvalue weighted by Crippen LogP contribution is -2.40. The van der Waals surface area contributed by atoms with Gasteiger partial charge in [0.05, 0.1) is 5.69 Å². The van der Waals surface area contributed by atoms with Crippen molar-refractivity contribution in [1.82, 2.24) is 0 Å². The van der Waals surface area contributed by atoms with E-state index >= 15 is 0 Å². The first-order chi connectivity index (χ1) is 8.00. The Labute approximate surface area is 124 Å². The first kappa shape index (κ1) is 13.2. The molecule has 1 fully saturated rings. The van der Waals surface area contributed by atoms with E-state index in [0.717, 1.165) is 4.47 Å². The summed E-state index contributed by atoms with van der Waals surface area (Å²) in [6.07, 6.45) is 1.47. The lowest BCUT2D eigenvalue weighted by molar-refractivity contribution is -0.129. The summed E-state index contributed by atoms with van der Waals surface area (Å²) in [5, 5.41) is 0. The predicted molar refractivity (Wildman–Crippen MR) is 75.9 cm³/mol. The summed E-state index contributed by atoms with van der Waals surface area (Å²) in [6.45, 7) is 0. The number of nitrogens with zero attached hydrogens (tertiary/aromatic N) is 1. The number of hydrogen-bond acceptors (Lipinski definition) is 2. The molecular weight excluding hydrogens is 418 g/mol. The van der Waals surface area contributed by atoms with Gasteiger partial charge in [-0.15, -0.1) is 0 Å². The molecule has 2 rings (SSSR count). The Kier molecular flexibility index (Phi) is 4.05. The van der Waals surface area contributed by atoms with Crippen molar-refractivity contribution in [1.29, 1.82) is 0 Å². The van der Waals surface area contributed by atoms with Crippen molar-refractivity contribution >= 4 is 65.3 Å². The van der Waals surface area contributed by atoms with Crippen LogP contribution in [0.25, 0.3) is 0 Å². The van der Waals surface area contributed by atoms with Crippen molar-refractivity contribution in [3.05, 3.63) is 25.6 Å². The average Bonchev–Trinajstić information content (AvgIpc) is 2.21. The maximum Gasteiger partial charge on any atom is 0.233 e. The van der Waals surface area contributed by atoms with Gasteiger partial charge < -0.3 is 0 Å². The van der Waals surface area contributed by atoms with Crippen molar-refractivity contribution < 1.29 is 9.59 Å². The van der Waals surface area contributed by atoms with Crippen LogP contribution in [0.1, 0.15) is 19.3 Å². The van der Waals surface area contributed by atoms with Gasteiger partial charge in [-0.25, -0.2) is 4.90 Å². The van der Waals surface area contributed by atoms with Crippen LogP contribution in [0.3, 0.4) is 0 Å². The monoisotopic (exact) mass is 423 g/mol. The van der Waals surface area contributed by atoms with Crippen LogP contribution in [0.4, 0.5) is 5.69 Å². The van der Waals surface area contributed by atoms with Crippen LogP contribution >= 0.6 is 47.8 Å². The van der Waals surface area contributed by atoms with E-state index in [1.54, 1.807) is 0 Å². The van der Waals surface area contributed by atoms with E-state index in [-0.39, 0.29) is 11.8 Å². The van der Waals surface area contributed by atoms with Gasteiger partial charge in [0, 0.05) is 26.3 Å². The normalized spacial score (nSPS) is 16.5. The molecule has 1 aliphatic heterocycles. The predicted octanol–water partition coefficient (Wildman–Crippen LogP) is 4.02. The van der Waals surface area contributed by atoms with Gasteiger partial charge in [-0.05, 0) is 50.4 Å². The number of carbonyl (C=O) groups is 2. The van der Waals surface area contributed by atoms with E-state index in [9.17, 15) is 9.59 Å². The molecule has 1 saturated heterocycles. The molecule has 6 heteroatoms. The summed E-state index contributed by atoms with van der Waals surface area (Å²) >= 11 is 10.1. The second-order valence-corrected chi connectivity index (χ2v) is 6.32. The molecule has 0 N–H and O–H groups in total. The van der Waals surface area contributed by atoms with Crippen LogP contribution in [0, 0.1) is 0 Å².